The molecule has 0 saturated heterocycles. The zero-order chi connectivity index (χ0) is 17.3. The molecule has 0 fully saturated rings. The molecule has 5 heteroatoms. The van der Waals surface area contributed by atoms with Crippen molar-refractivity contribution in [3.63, 3.8) is 0 Å². The summed E-state index contributed by atoms with van der Waals surface area (Å²) < 4.78 is 1.11. The fourth-order valence-electron chi connectivity index (χ4n) is 2.43. The Morgan fingerprint density at radius 1 is 0.739 bits per heavy atom. The SMILES string of the molecule is C[Si](C)(C)Nc1ccc(-c2cc(Br)ccc2N[Si](C)(C)C)cc1. The molecule has 0 aliphatic carbocycles. The first-order chi connectivity index (χ1) is 10.5. The number of hydrogen-bond acceptors (Lipinski definition) is 2. The first-order valence-corrected chi connectivity index (χ1v) is 15.8. The number of halogens is 1. The van der Waals surface area contributed by atoms with E-state index in [9.17, 15) is 0 Å². The van der Waals surface area contributed by atoms with E-state index in [1.807, 2.05) is 0 Å². The molecule has 0 saturated carbocycles. The summed E-state index contributed by atoms with van der Waals surface area (Å²) in [5.41, 5.74) is 4.93. The van der Waals surface area contributed by atoms with Gasteiger partial charge in [0.2, 0.25) is 0 Å². The quantitative estimate of drug-likeness (QED) is 0.545. The molecular formula is C18H27BrN2Si2. The van der Waals surface area contributed by atoms with Gasteiger partial charge in [0.05, 0.1) is 0 Å². The molecule has 0 spiro atoms. The molecule has 2 N–H and O–H groups in total. The van der Waals surface area contributed by atoms with Gasteiger partial charge in [-0.15, -0.1) is 0 Å². The average Bonchev–Trinajstić information content (AvgIpc) is 2.38. The maximum absolute atomic E-state index is 3.74. The van der Waals surface area contributed by atoms with Gasteiger partial charge in [-0.05, 0) is 35.9 Å². The molecule has 0 heterocycles. The topological polar surface area (TPSA) is 24.1 Å². The Labute approximate surface area is 151 Å². The summed E-state index contributed by atoms with van der Waals surface area (Å²) in [4.78, 5) is 7.38. The Bertz CT molecular complexity index is 671. The van der Waals surface area contributed by atoms with Crippen LogP contribution >= 0.6 is 15.9 Å². The van der Waals surface area contributed by atoms with E-state index in [0.29, 0.717) is 0 Å². The van der Waals surface area contributed by atoms with Crippen LogP contribution in [-0.2, 0) is 0 Å². The molecule has 2 nitrogen and oxygen atoms in total. The second-order valence-corrected chi connectivity index (χ2v) is 18.4. The van der Waals surface area contributed by atoms with E-state index in [-0.39, 0.29) is 0 Å². The van der Waals surface area contributed by atoms with Crippen molar-refractivity contribution in [1.82, 2.24) is 0 Å². The third-order valence-electron chi connectivity index (χ3n) is 3.21. The van der Waals surface area contributed by atoms with Crippen LogP contribution in [0.5, 0.6) is 0 Å². The molecule has 2 aromatic carbocycles. The van der Waals surface area contributed by atoms with Crippen LogP contribution in [0.2, 0.25) is 39.3 Å². The highest BCUT2D eigenvalue weighted by molar-refractivity contribution is 9.10. The summed E-state index contributed by atoms with van der Waals surface area (Å²) in [6.07, 6.45) is 0. The molecule has 0 radical (unpaired) electrons. The summed E-state index contributed by atoms with van der Waals surface area (Å²) in [5, 5.41) is 0. The molecular weight excluding hydrogens is 380 g/mol. The number of nitrogens with one attached hydrogen (secondary N) is 2. The molecule has 23 heavy (non-hydrogen) atoms. The summed E-state index contributed by atoms with van der Waals surface area (Å²) in [6.45, 7) is 13.9. The van der Waals surface area contributed by atoms with E-state index >= 15 is 0 Å². The van der Waals surface area contributed by atoms with Crippen molar-refractivity contribution in [2.24, 2.45) is 0 Å². The zero-order valence-electron chi connectivity index (χ0n) is 14.9. The maximum Gasteiger partial charge on any atom is 0.144 e. The minimum Gasteiger partial charge on any atom is -0.411 e. The smallest absolute Gasteiger partial charge is 0.144 e. The van der Waals surface area contributed by atoms with Crippen LogP contribution < -0.4 is 9.96 Å². The standard InChI is InChI=1S/C18H27BrN2Si2/c1-22(2,3)20-16-10-7-14(8-11-16)17-13-15(19)9-12-18(17)21-23(4,5)6/h7-13,20-21H,1-6H3. The van der Waals surface area contributed by atoms with Crippen LogP contribution in [0.4, 0.5) is 11.4 Å². The van der Waals surface area contributed by atoms with Crippen molar-refractivity contribution in [1.29, 1.82) is 0 Å². The molecule has 0 aliphatic heterocycles. The summed E-state index contributed by atoms with van der Waals surface area (Å²) in [5.74, 6) is 0. The molecule has 2 rings (SSSR count). The van der Waals surface area contributed by atoms with Crippen LogP contribution in [0.15, 0.2) is 46.9 Å². The molecule has 0 unspecified atom stereocenters. The van der Waals surface area contributed by atoms with Crippen LogP contribution in [-0.4, -0.2) is 16.5 Å². The normalized spacial score (nSPS) is 12.1. The molecule has 124 valence electrons. The summed E-state index contributed by atoms with van der Waals surface area (Å²) >= 11 is 3.60. The molecule has 0 aliphatic rings. The third-order valence-corrected chi connectivity index (χ3v) is 5.76. The second kappa shape index (κ2) is 6.83. The van der Waals surface area contributed by atoms with Crippen molar-refractivity contribution in [2.75, 3.05) is 9.96 Å². The highest BCUT2D eigenvalue weighted by Gasteiger charge is 2.16. The van der Waals surface area contributed by atoms with Gasteiger partial charge >= 0.3 is 0 Å². The monoisotopic (exact) mass is 406 g/mol. The highest BCUT2D eigenvalue weighted by Crippen LogP contribution is 2.33. The fraction of sp³-hybridized carbons (Fsp3) is 0.333. The Morgan fingerprint density at radius 3 is 1.83 bits per heavy atom. The van der Waals surface area contributed by atoms with E-state index in [2.05, 4.69) is 108 Å². The van der Waals surface area contributed by atoms with Crippen LogP contribution in [0.25, 0.3) is 11.1 Å². The fourth-order valence-corrected chi connectivity index (χ4v) is 4.85. The van der Waals surface area contributed by atoms with E-state index in [4.69, 9.17) is 0 Å². The van der Waals surface area contributed by atoms with Gasteiger partial charge in [0.25, 0.3) is 0 Å². The van der Waals surface area contributed by atoms with Crippen LogP contribution in [0.3, 0.4) is 0 Å². The molecule has 0 atom stereocenters. The summed E-state index contributed by atoms with van der Waals surface area (Å²) in [7, 11) is -2.71. The zero-order valence-corrected chi connectivity index (χ0v) is 18.5. The Morgan fingerprint density at radius 2 is 1.30 bits per heavy atom. The average molecular weight is 408 g/mol. The van der Waals surface area contributed by atoms with Gasteiger partial charge in [-0.3, -0.25) is 0 Å². The van der Waals surface area contributed by atoms with Gasteiger partial charge in [-0.25, -0.2) is 0 Å². The Balaban J connectivity index is 2.35. The van der Waals surface area contributed by atoms with Gasteiger partial charge in [0.1, 0.15) is 16.5 Å². The lowest BCUT2D eigenvalue weighted by Crippen LogP contribution is -2.32. The Kier molecular flexibility index (Phi) is 5.43. The van der Waals surface area contributed by atoms with Crippen molar-refractivity contribution in [3.05, 3.63) is 46.9 Å². The van der Waals surface area contributed by atoms with E-state index in [0.717, 1.165) is 4.47 Å². The number of anilines is 2. The van der Waals surface area contributed by atoms with Crippen LogP contribution in [0, 0.1) is 0 Å². The van der Waals surface area contributed by atoms with Crippen molar-refractivity contribution in [3.8, 4) is 11.1 Å². The molecule has 0 amide bonds. The van der Waals surface area contributed by atoms with Crippen molar-refractivity contribution >= 4 is 43.8 Å². The summed E-state index contributed by atoms with van der Waals surface area (Å²) in [6, 6.07) is 15.3. The largest absolute Gasteiger partial charge is 0.411 e. The van der Waals surface area contributed by atoms with E-state index in [1.165, 1.54) is 22.5 Å². The second-order valence-electron chi connectivity index (χ2n) is 8.02. The van der Waals surface area contributed by atoms with Gasteiger partial charge in [0.15, 0.2) is 0 Å². The van der Waals surface area contributed by atoms with E-state index in [1.54, 1.807) is 0 Å². The molecule has 0 aromatic heterocycles. The van der Waals surface area contributed by atoms with Gasteiger partial charge in [-0.1, -0.05) is 67.3 Å². The highest BCUT2D eigenvalue weighted by atomic mass is 79.9. The minimum absolute atomic E-state index is 1.11. The van der Waals surface area contributed by atoms with Crippen LogP contribution in [0.1, 0.15) is 0 Å². The molecule has 2 aromatic rings. The maximum atomic E-state index is 3.74. The first kappa shape index (κ1) is 18.3. The van der Waals surface area contributed by atoms with E-state index < -0.39 is 16.5 Å². The number of rotatable bonds is 5. The lowest BCUT2D eigenvalue weighted by Gasteiger charge is -2.23. The number of hydrogen-bond donors (Lipinski definition) is 2. The van der Waals surface area contributed by atoms with Gasteiger partial charge < -0.3 is 9.96 Å². The minimum atomic E-state index is -1.39. The van der Waals surface area contributed by atoms with Gasteiger partial charge in [-0.2, -0.15) is 0 Å². The Hall–Kier alpha value is -1.05. The lowest BCUT2D eigenvalue weighted by molar-refractivity contribution is 1.52. The molecule has 0 bridgehead atoms. The number of benzene rings is 2. The third kappa shape index (κ3) is 5.82. The first-order valence-electron chi connectivity index (χ1n) is 8.00. The van der Waals surface area contributed by atoms with Crippen molar-refractivity contribution < 1.29 is 0 Å². The predicted octanol–water partition coefficient (Wildman–Crippen LogP) is 6.61. The lowest BCUT2D eigenvalue weighted by atomic mass is 10.0. The predicted molar refractivity (Wildman–Crippen MR) is 114 cm³/mol. The van der Waals surface area contributed by atoms with Gasteiger partial charge in [0, 0.05) is 21.4 Å². The van der Waals surface area contributed by atoms with Crippen molar-refractivity contribution in [2.45, 2.75) is 39.3 Å².